The molecule has 6 nitrogen and oxygen atoms in total. The van der Waals surface area contributed by atoms with Gasteiger partial charge in [0.15, 0.2) is 0 Å². The average molecular weight is 521 g/mol. The fraction of sp³-hybridized carbons (Fsp3) is 0.400. The Morgan fingerprint density at radius 2 is 1.68 bits per heavy atom. The summed E-state index contributed by atoms with van der Waals surface area (Å²) in [5, 5.41) is 4.85. The first-order valence-electron chi connectivity index (χ1n) is 13.4. The third-order valence-corrected chi connectivity index (χ3v) is 8.14. The topological polar surface area (TPSA) is 91.2 Å². The lowest BCUT2D eigenvalue weighted by Gasteiger charge is -2.38. The van der Waals surface area contributed by atoms with Gasteiger partial charge in [0.05, 0.1) is 6.04 Å². The minimum Gasteiger partial charge on any atom is -0.368 e. The summed E-state index contributed by atoms with van der Waals surface area (Å²) in [7, 11) is 0. The lowest BCUT2D eigenvalue weighted by molar-refractivity contribution is -0.128. The Morgan fingerprint density at radius 3 is 2.37 bits per heavy atom. The number of aromatic nitrogens is 1. The zero-order chi connectivity index (χ0) is 26.6. The van der Waals surface area contributed by atoms with Crippen molar-refractivity contribution < 1.29 is 18.4 Å². The molecular formula is C30H34F2N4O2. The zero-order valence-corrected chi connectivity index (χ0v) is 21.3. The number of H-pyrrole nitrogens is 1. The van der Waals surface area contributed by atoms with Gasteiger partial charge in [-0.25, -0.2) is 8.78 Å². The van der Waals surface area contributed by atoms with E-state index in [1.807, 2.05) is 6.07 Å². The molecule has 38 heavy (non-hydrogen) atoms. The molecule has 4 N–H and O–H groups in total. The lowest BCUT2D eigenvalue weighted by Crippen LogP contribution is -2.54. The van der Waals surface area contributed by atoms with Crippen molar-refractivity contribution in [2.24, 2.45) is 11.7 Å². The van der Waals surface area contributed by atoms with Gasteiger partial charge in [0.2, 0.25) is 11.8 Å². The number of halogens is 2. The third kappa shape index (κ3) is 5.96. The first-order valence-corrected chi connectivity index (χ1v) is 13.4. The summed E-state index contributed by atoms with van der Waals surface area (Å²) in [6, 6.07) is 11.4. The Bertz CT molecular complexity index is 1300. The molecule has 5 rings (SSSR count). The van der Waals surface area contributed by atoms with Crippen LogP contribution >= 0.6 is 0 Å². The summed E-state index contributed by atoms with van der Waals surface area (Å²) < 4.78 is 26.8. The van der Waals surface area contributed by atoms with E-state index >= 15 is 0 Å². The fourth-order valence-corrected chi connectivity index (χ4v) is 6.10. The minimum absolute atomic E-state index is 0.0594. The predicted octanol–water partition coefficient (Wildman–Crippen LogP) is 4.87. The van der Waals surface area contributed by atoms with Gasteiger partial charge in [-0.2, -0.15) is 0 Å². The van der Waals surface area contributed by atoms with Crippen LogP contribution < -0.4 is 11.1 Å². The summed E-state index contributed by atoms with van der Waals surface area (Å²) >= 11 is 0. The number of likely N-dealkylation sites (tertiary alicyclic amines) is 1. The van der Waals surface area contributed by atoms with Gasteiger partial charge in [-0.1, -0.05) is 18.2 Å². The Balaban J connectivity index is 1.12. The number of hydrogen-bond donors (Lipinski definition) is 3. The number of primary amides is 1. The standard InChI is InChI=1S/C30H34F2N4O2/c31-22-15-19(16-23(32)17-22)5-10-28(37)36-13-11-21(12-14-36)29(30(33)38)35-24-8-6-20(7-9-24)26-18-34-27-4-2-1-3-25(26)27/h1-5,10,15-18,20-21,24,29,34-35H,6-9,11-14H2,(H2,33,38)/t20?,24?,29-/m1/s1. The van der Waals surface area contributed by atoms with Crippen LogP contribution in [0.1, 0.15) is 55.6 Å². The van der Waals surface area contributed by atoms with Crippen LogP contribution in [0.15, 0.2) is 54.7 Å². The van der Waals surface area contributed by atoms with E-state index in [2.05, 4.69) is 34.7 Å². The second-order valence-corrected chi connectivity index (χ2v) is 10.6. The van der Waals surface area contributed by atoms with E-state index in [1.165, 1.54) is 40.8 Å². The van der Waals surface area contributed by atoms with Gasteiger partial charge in [0, 0.05) is 48.4 Å². The molecule has 2 aliphatic rings. The smallest absolute Gasteiger partial charge is 0.246 e. The third-order valence-electron chi connectivity index (χ3n) is 8.14. The van der Waals surface area contributed by atoms with Crippen LogP contribution in [0, 0.1) is 17.6 Å². The Labute approximate surface area is 221 Å². The van der Waals surface area contributed by atoms with Crippen LogP contribution in [0.5, 0.6) is 0 Å². The number of piperidine rings is 1. The molecule has 200 valence electrons. The lowest BCUT2D eigenvalue weighted by atomic mass is 9.80. The molecule has 0 radical (unpaired) electrons. The number of fused-ring (bicyclic) bond motifs is 1. The van der Waals surface area contributed by atoms with Gasteiger partial charge in [0.25, 0.3) is 0 Å². The van der Waals surface area contributed by atoms with Crippen LogP contribution in [-0.2, 0) is 9.59 Å². The number of benzene rings is 2. The van der Waals surface area contributed by atoms with Crippen LogP contribution in [0.25, 0.3) is 17.0 Å². The van der Waals surface area contributed by atoms with Crippen LogP contribution in [0.4, 0.5) is 8.78 Å². The Morgan fingerprint density at radius 1 is 1.00 bits per heavy atom. The number of hydrogen-bond acceptors (Lipinski definition) is 3. The normalized spacial score (nSPS) is 21.7. The minimum atomic E-state index is -0.686. The number of nitrogens with two attached hydrogens (primary N) is 1. The molecule has 2 heterocycles. The van der Waals surface area contributed by atoms with E-state index in [4.69, 9.17) is 5.73 Å². The fourth-order valence-electron chi connectivity index (χ4n) is 6.10. The molecule has 3 aromatic rings. The van der Waals surface area contributed by atoms with Crippen molar-refractivity contribution in [3.63, 3.8) is 0 Å². The number of carbonyl (C=O) groups excluding carboxylic acids is 2. The van der Waals surface area contributed by atoms with Crippen LogP contribution in [-0.4, -0.2) is 46.9 Å². The molecule has 1 aromatic heterocycles. The number of aromatic amines is 1. The molecule has 1 aliphatic heterocycles. The largest absolute Gasteiger partial charge is 0.368 e. The number of nitrogens with zero attached hydrogens (tertiary/aromatic N) is 1. The van der Waals surface area contributed by atoms with Crippen molar-refractivity contribution in [3.05, 3.63) is 77.5 Å². The molecule has 1 saturated heterocycles. The Kier molecular flexibility index (Phi) is 7.88. The summed E-state index contributed by atoms with van der Waals surface area (Å²) in [6.45, 7) is 1.01. The van der Waals surface area contributed by atoms with Crippen LogP contribution in [0.3, 0.4) is 0 Å². The average Bonchev–Trinajstić information content (AvgIpc) is 3.34. The van der Waals surface area contributed by atoms with Crippen molar-refractivity contribution in [2.75, 3.05) is 13.1 Å². The quantitative estimate of drug-likeness (QED) is 0.388. The SMILES string of the molecule is NC(=O)[C@H](NC1CCC(c2c[nH]c3ccccc23)CC1)C1CCN(C(=O)C=Cc2cc(F)cc(F)c2)CC1. The van der Waals surface area contributed by atoms with Crippen molar-refractivity contribution in [1.29, 1.82) is 0 Å². The molecular weight excluding hydrogens is 486 g/mol. The predicted molar refractivity (Wildman–Crippen MR) is 144 cm³/mol. The second kappa shape index (κ2) is 11.5. The van der Waals surface area contributed by atoms with E-state index < -0.39 is 17.7 Å². The van der Waals surface area contributed by atoms with Crippen molar-refractivity contribution in [3.8, 4) is 0 Å². The maximum atomic E-state index is 13.4. The van der Waals surface area contributed by atoms with Gasteiger partial charge in [0.1, 0.15) is 11.6 Å². The number of nitrogens with one attached hydrogen (secondary N) is 2. The van der Waals surface area contributed by atoms with E-state index in [-0.39, 0.29) is 23.8 Å². The number of amides is 2. The molecule has 0 bridgehead atoms. The number of carbonyl (C=O) groups is 2. The first kappa shape index (κ1) is 26.1. The van der Waals surface area contributed by atoms with Crippen molar-refractivity contribution in [1.82, 2.24) is 15.2 Å². The molecule has 2 amide bonds. The highest BCUT2D eigenvalue weighted by molar-refractivity contribution is 5.92. The monoisotopic (exact) mass is 520 g/mol. The maximum Gasteiger partial charge on any atom is 0.246 e. The summed E-state index contributed by atoms with van der Waals surface area (Å²) in [4.78, 5) is 30.1. The number of rotatable bonds is 7. The summed E-state index contributed by atoms with van der Waals surface area (Å²) in [6.07, 6.45) is 10.3. The highest BCUT2D eigenvalue weighted by Crippen LogP contribution is 2.37. The van der Waals surface area contributed by atoms with E-state index in [0.29, 0.717) is 37.4 Å². The highest BCUT2D eigenvalue weighted by Gasteiger charge is 2.34. The maximum absolute atomic E-state index is 13.4. The van der Waals surface area contributed by atoms with Gasteiger partial charge >= 0.3 is 0 Å². The van der Waals surface area contributed by atoms with E-state index in [1.54, 1.807) is 4.90 Å². The molecule has 1 saturated carbocycles. The molecule has 1 aliphatic carbocycles. The molecule has 2 aromatic carbocycles. The van der Waals surface area contributed by atoms with Gasteiger partial charge in [-0.15, -0.1) is 0 Å². The highest BCUT2D eigenvalue weighted by atomic mass is 19.1. The van der Waals surface area contributed by atoms with E-state index in [9.17, 15) is 18.4 Å². The molecule has 8 heteroatoms. The number of para-hydroxylation sites is 1. The van der Waals surface area contributed by atoms with Crippen LogP contribution in [0.2, 0.25) is 0 Å². The molecule has 2 fully saturated rings. The van der Waals surface area contributed by atoms with Gasteiger partial charge < -0.3 is 20.9 Å². The van der Waals surface area contributed by atoms with Gasteiger partial charge in [-0.05, 0) is 85.8 Å². The first-order chi connectivity index (χ1) is 18.4. The zero-order valence-electron chi connectivity index (χ0n) is 21.3. The Hall–Kier alpha value is -3.52. The second-order valence-electron chi connectivity index (χ2n) is 10.6. The molecule has 0 spiro atoms. The molecule has 0 unspecified atom stereocenters. The van der Waals surface area contributed by atoms with Crippen molar-refractivity contribution >= 4 is 28.8 Å². The summed E-state index contributed by atoms with van der Waals surface area (Å²) in [5.41, 5.74) is 8.66. The van der Waals surface area contributed by atoms with Crippen molar-refractivity contribution in [2.45, 2.75) is 56.5 Å². The summed E-state index contributed by atoms with van der Waals surface area (Å²) in [5.74, 6) is -1.37. The van der Waals surface area contributed by atoms with Gasteiger partial charge in [-0.3, -0.25) is 9.59 Å². The molecule has 1 atom stereocenters. The van der Waals surface area contributed by atoms with E-state index in [0.717, 1.165) is 31.7 Å².